The fourth-order valence-electron chi connectivity index (χ4n) is 3.81. The highest BCUT2D eigenvalue weighted by Gasteiger charge is 2.22. The van der Waals surface area contributed by atoms with E-state index in [9.17, 15) is 4.79 Å². The van der Waals surface area contributed by atoms with Gasteiger partial charge in [-0.2, -0.15) is 0 Å². The summed E-state index contributed by atoms with van der Waals surface area (Å²) in [6.07, 6.45) is 4.22. The molecule has 0 aliphatic carbocycles. The van der Waals surface area contributed by atoms with Gasteiger partial charge in [-0.15, -0.1) is 11.3 Å². The maximum atomic E-state index is 12.7. The van der Waals surface area contributed by atoms with E-state index in [1.807, 2.05) is 23.5 Å². The molecule has 0 saturated carbocycles. The van der Waals surface area contributed by atoms with Crippen LogP contribution in [0.4, 0.5) is 0 Å². The third kappa shape index (κ3) is 3.84. The first-order valence-electron chi connectivity index (χ1n) is 10.1. The zero-order valence-corrected chi connectivity index (χ0v) is 17.6. The molecule has 0 fully saturated rings. The van der Waals surface area contributed by atoms with Gasteiger partial charge < -0.3 is 4.98 Å². The Bertz CT molecular complexity index is 1230. The second-order valence-corrected chi connectivity index (χ2v) is 8.84. The molecule has 5 nitrogen and oxygen atoms in total. The van der Waals surface area contributed by atoms with Crippen LogP contribution in [-0.4, -0.2) is 26.4 Å². The first-order chi connectivity index (χ1) is 14.7. The zero-order chi connectivity index (χ0) is 20.5. The van der Waals surface area contributed by atoms with E-state index in [0.717, 1.165) is 36.3 Å². The van der Waals surface area contributed by atoms with Gasteiger partial charge in [0.05, 0.1) is 11.3 Å². The number of hydrogen-bond acceptors (Lipinski definition) is 5. The van der Waals surface area contributed by atoms with E-state index in [2.05, 4.69) is 58.2 Å². The number of thiophene rings is 1. The van der Waals surface area contributed by atoms with E-state index in [-0.39, 0.29) is 5.56 Å². The monoisotopic (exact) mass is 414 g/mol. The molecule has 1 N–H and O–H groups in total. The molecule has 0 radical (unpaired) electrons. The van der Waals surface area contributed by atoms with Gasteiger partial charge in [0.15, 0.2) is 0 Å². The van der Waals surface area contributed by atoms with Crippen molar-refractivity contribution in [3.8, 4) is 21.8 Å². The minimum Gasteiger partial charge on any atom is -0.306 e. The topological polar surface area (TPSA) is 61.9 Å². The van der Waals surface area contributed by atoms with Crippen molar-refractivity contribution < 1.29 is 0 Å². The van der Waals surface area contributed by atoms with Crippen molar-refractivity contribution in [3.63, 3.8) is 0 Å². The minimum atomic E-state index is -0.0462. The lowest BCUT2D eigenvalue weighted by molar-refractivity contribution is 0.244. The van der Waals surface area contributed by atoms with E-state index < -0.39 is 0 Å². The third-order valence-electron chi connectivity index (χ3n) is 5.46. The molecule has 150 valence electrons. The molecule has 0 bridgehead atoms. The number of nitrogens with one attached hydrogen (secondary N) is 1. The Morgan fingerprint density at radius 3 is 2.77 bits per heavy atom. The van der Waals surface area contributed by atoms with Crippen LogP contribution in [0.1, 0.15) is 21.7 Å². The standard InChI is InChI=1S/C24H22N4OS/c1-16-4-6-17(7-5-16)22-9-8-19(30-22)14-28-12-10-21-20(15-28)24(29)27-23(26-21)18-3-2-11-25-13-18/h2-9,11,13H,10,12,14-15H2,1H3,(H,26,27,29). The van der Waals surface area contributed by atoms with Crippen molar-refractivity contribution in [2.45, 2.75) is 26.4 Å². The fourth-order valence-corrected chi connectivity index (χ4v) is 4.87. The molecular weight excluding hydrogens is 392 g/mol. The molecular formula is C24H22N4OS. The molecule has 3 aromatic heterocycles. The quantitative estimate of drug-likeness (QED) is 0.537. The smallest absolute Gasteiger partial charge is 0.255 e. The number of fused-ring (bicyclic) bond motifs is 1. The van der Waals surface area contributed by atoms with Crippen LogP contribution in [0.2, 0.25) is 0 Å². The van der Waals surface area contributed by atoms with Crippen LogP contribution >= 0.6 is 11.3 Å². The van der Waals surface area contributed by atoms with E-state index in [0.29, 0.717) is 12.4 Å². The third-order valence-corrected chi connectivity index (χ3v) is 6.58. The van der Waals surface area contributed by atoms with E-state index in [1.165, 1.54) is 20.9 Å². The summed E-state index contributed by atoms with van der Waals surface area (Å²) < 4.78 is 0. The largest absolute Gasteiger partial charge is 0.306 e. The molecule has 0 unspecified atom stereocenters. The highest BCUT2D eigenvalue weighted by molar-refractivity contribution is 7.15. The number of aryl methyl sites for hydroxylation is 1. The van der Waals surface area contributed by atoms with E-state index >= 15 is 0 Å². The van der Waals surface area contributed by atoms with Gasteiger partial charge in [-0.1, -0.05) is 29.8 Å². The number of benzene rings is 1. The lowest BCUT2D eigenvalue weighted by Crippen LogP contribution is -2.35. The van der Waals surface area contributed by atoms with Gasteiger partial charge in [-0.05, 0) is 36.8 Å². The summed E-state index contributed by atoms with van der Waals surface area (Å²) in [5.74, 6) is 0.598. The summed E-state index contributed by atoms with van der Waals surface area (Å²) in [5, 5.41) is 0. The average Bonchev–Trinajstić information content (AvgIpc) is 3.23. The van der Waals surface area contributed by atoms with Crippen LogP contribution < -0.4 is 5.56 Å². The summed E-state index contributed by atoms with van der Waals surface area (Å²) >= 11 is 1.82. The summed E-state index contributed by atoms with van der Waals surface area (Å²) in [6, 6.07) is 16.8. The lowest BCUT2D eigenvalue weighted by Gasteiger charge is -2.27. The number of aromatic nitrogens is 3. The summed E-state index contributed by atoms with van der Waals surface area (Å²) in [5.41, 5.74) is 5.00. The number of hydrogen-bond donors (Lipinski definition) is 1. The van der Waals surface area contributed by atoms with Crippen LogP contribution in [0.15, 0.2) is 65.7 Å². The first kappa shape index (κ1) is 18.9. The van der Waals surface area contributed by atoms with Gasteiger partial charge >= 0.3 is 0 Å². The predicted octanol–water partition coefficient (Wildman–Crippen LogP) is 4.43. The number of nitrogens with zero attached hydrogens (tertiary/aromatic N) is 3. The van der Waals surface area contributed by atoms with Crippen molar-refractivity contribution in [3.05, 3.63) is 93.0 Å². The van der Waals surface area contributed by atoms with Gasteiger partial charge in [0.25, 0.3) is 5.56 Å². The molecule has 1 aliphatic rings. The maximum Gasteiger partial charge on any atom is 0.255 e. The van der Waals surface area contributed by atoms with Crippen molar-refractivity contribution in [1.29, 1.82) is 0 Å². The Hall–Kier alpha value is -3.09. The molecule has 5 rings (SSSR count). The van der Waals surface area contributed by atoms with Crippen molar-refractivity contribution in [2.75, 3.05) is 6.54 Å². The van der Waals surface area contributed by atoms with Gasteiger partial charge in [0.1, 0.15) is 5.82 Å². The summed E-state index contributed by atoms with van der Waals surface area (Å²) in [4.78, 5) is 29.4. The highest BCUT2D eigenvalue weighted by atomic mass is 32.1. The Kier molecular flexibility index (Phi) is 5.02. The SMILES string of the molecule is Cc1ccc(-c2ccc(CN3CCc4nc(-c5cccnc5)[nH]c(=O)c4C3)s2)cc1. The molecule has 0 spiro atoms. The van der Waals surface area contributed by atoms with Gasteiger partial charge in [-0.3, -0.25) is 14.7 Å². The second kappa shape index (κ2) is 7.97. The fraction of sp³-hybridized carbons (Fsp3) is 0.208. The van der Waals surface area contributed by atoms with E-state index in [4.69, 9.17) is 4.98 Å². The molecule has 4 aromatic rings. The number of rotatable bonds is 4. The van der Waals surface area contributed by atoms with Crippen LogP contribution in [0.25, 0.3) is 21.8 Å². The Morgan fingerprint density at radius 2 is 1.97 bits per heavy atom. The highest BCUT2D eigenvalue weighted by Crippen LogP contribution is 2.30. The van der Waals surface area contributed by atoms with Gasteiger partial charge in [0, 0.05) is 53.8 Å². The molecule has 0 saturated heterocycles. The van der Waals surface area contributed by atoms with Crippen molar-refractivity contribution in [2.24, 2.45) is 0 Å². The second-order valence-electron chi connectivity index (χ2n) is 7.67. The number of pyridine rings is 1. The molecule has 1 aromatic carbocycles. The Balaban J connectivity index is 1.33. The average molecular weight is 415 g/mol. The minimum absolute atomic E-state index is 0.0462. The Morgan fingerprint density at radius 1 is 1.10 bits per heavy atom. The number of aromatic amines is 1. The zero-order valence-electron chi connectivity index (χ0n) is 16.8. The lowest BCUT2D eigenvalue weighted by atomic mass is 10.1. The van der Waals surface area contributed by atoms with Crippen molar-refractivity contribution >= 4 is 11.3 Å². The van der Waals surface area contributed by atoms with E-state index in [1.54, 1.807) is 12.4 Å². The van der Waals surface area contributed by atoms with Crippen LogP contribution in [0.5, 0.6) is 0 Å². The molecule has 6 heteroatoms. The summed E-state index contributed by atoms with van der Waals surface area (Å²) in [6.45, 7) is 4.48. The molecule has 1 aliphatic heterocycles. The van der Waals surface area contributed by atoms with Crippen LogP contribution in [0, 0.1) is 6.92 Å². The predicted molar refractivity (Wildman–Crippen MR) is 120 cm³/mol. The summed E-state index contributed by atoms with van der Waals surface area (Å²) in [7, 11) is 0. The van der Waals surface area contributed by atoms with Crippen molar-refractivity contribution in [1.82, 2.24) is 19.9 Å². The molecule has 0 atom stereocenters. The molecule has 0 amide bonds. The van der Waals surface area contributed by atoms with Gasteiger partial charge in [0.2, 0.25) is 0 Å². The number of H-pyrrole nitrogens is 1. The molecule has 30 heavy (non-hydrogen) atoms. The Labute approximate surface area is 179 Å². The van der Waals surface area contributed by atoms with Gasteiger partial charge in [-0.25, -0.2) is 4.98 Å². The maximum absolute atomic E-state index is 12.7. The van der Waals surface area contributed by atoms with Crippen LogP contribution in [-0.2, 0) is 19.5 Å². The first-order valence-corrected chi connectivity index (χ1v) is 10.9. The molecule has 4 heterocycles. The van der Waals surface area contributed by atoms with Crippen LogP contribution in [0.3, 0.4) is 0 Å². The normalized spacial score (nSPS) is 13.9.